The zero-order chi connectivity index (χ0) is 13.9. The second-order valence-electron chi connectivity index (χ2n) is 4.48. The number of nitrogen functional groups attached to an aromatic ring is 1. The number of sulfonamides is 1. The van der Waals surface area contributed by atoms with Crippen molar-refractivity contribution in [3.05, 3.63) is 17.7 Å². The van der Waals surface area contributed by atoms with Crippen molar-refractivity contribution in [1.82, 2.24) is 0 Å². The monoisotopic (exact) mass is 271 g/mol. The van der Waals surface area contributed by atoms with E-state index in [0.29, 0.717) is 11.3 Å². The lowest BCUT2D eigenvalue weighted by atomic mass is 10.1. The number of anilines is 2. The summed E-state index contributed by atoms with van der Waals surface area (Å²) in [6.45, 7) is 4.71. The molecule has 1 aromatic carbocycles. The van der Waals surface area contributed by atoms with Gasteiger partial charge in [-0.3, -0.25) is 0 Å². The SMILES string of the molecule is CCCCN(C)c1cc(N)cc(S(N)(=O)=O)c1C. The van der Waals surface area contributed by atoms with Gasteiger partial charge in [0.15, 0.2) is 0 Å². The van der Waals surface area contributed by atoms with Gasteiger partial charge in [-0.05, 0) is 31.0 Å². The van der Waals surface area contributed by atoms with Gasteiger partial charge in [-0.25, -0.2) is 13.6 Å². The van der Waals surface area contributed by atoms with Crippen LogP contribution < -0.4 is 15.8 Å². The summed E-state index contributed by atoms with van der Waals surface area (Å²) in [6, 6.07) is 3.18. The lowest BCUT2D eigenvalue weighted by Crippen LogP contribution is -2.22. The van der Waals surface area contributed by atoms with E-state index in [0.717, 1.165) is 25.1 Å². The fourth-order valence-corrected chi connectivity index (χ4v) is 2.73. The number of nitrogens with two attached hydrogens (primary N) is 2. The first-order valence-electron chi connectivity index (χ1n) is 5.91. The maximum absolute atomic E-state index is 11.5. The van der Waals surface area contributed by atoms with E-state index < -0.39 is 10.0 Å². The number of unbranched alkanes of at least 4 members (excludes halogenated alkanes) is 1. The van der Waals surface area contributed by atoms with E-state index in [4.69, 9.17) is 10.9 Å². The molecule has 0 spiro atoms. The smallest absolute Gasteiger partial charge is 0.238 e. The maximum Gasteiger partial charge on any atom is 0.238 e. The first-order valence-corrected chi connectivity index (χ1v) is 7.46. The summed E-state index contributed by atoms with van der Waals surface area (Å²) < 4.78 is 23.0. The maximum atomic E-state index is 11.5. The molecule has 0 aliphatic rings. The Hall–Kier alpha value is -1.27. The van der Waals surface area contributed by atoms with Gasteiger partial charge >= 0.3 is 0 Å². The molecule has 1 aromatic rings. The third-order valence-electron chi connectivity index (χ3n) is 2.92. The van der Waals surface area contributed by atoms with Gasteiger partial charge in [0.2, 0.25) is 10.0 Å². The molecule has 0 atom stereocenters. The molecule has 0 saturated heterocycles. The second kappa shape index (κ2) is 5.58. The Morgan fingerprint density at radius 3 is 2.44 bits per heavy atom. The second-order valence-corrected chi connectivity index (χ2v) is 6.01. The van der Waals surface area contributed by atoms with Crippen molar-refractivity contribution in [2.75, 3.05) is 24.2 Å². The minimum Gasteiger partial charge on any atom is -0.399 e. The van der Waals surface area contributed by atoms with Crippen LogP contribution in [0.25, 0.3) is 0 Å². The molecule has 102 valence electrons. The molecule has 18 heavy (non-hydrogen) atoms. The highest BCUT2D eigenvalue weighted by Crippen LogP contribution is 2.28. The van der Waals surface area contributed by atoms with Crippen LogP contribution in [0.3, 0.4) is 0 Å². The van der Waals surface area contributed by atoms with E-state index in [1.807, 2.05) is 11.9 Å². The van der Waals surface area contributed by atoms with Gasteiger partial charge in [0.25, 0.3) is 0 Å². The number of hydrogen-bond acceptors (Lipinski definition) is 4. The molecule has 0 radical (unpaired) electrons. The quantitative estimate of drug-likeness (QED) is 0.793. The standard InChI is InChI=1S/C12H21N3O2S/c1-4-5-6-15(3)11-7-10(13)8-12(9(11)2)18(14,16)17/h7-8H,4-6,13H2,1-3H3,(H2,14,16,17). The van der Waals surface area contributed by atoms with Crippen molar-refractivity contribution < 1.29 is 8.42 Å². The highest BCUT2D eigenvalue weighted by molar-refractivity contribution is 7.89. The Kier molecular flexibility index (Phi) is 4.59. The molecule has 0 saturated carbocycles. The van der Waals surface area contributed by atoms with Crippen LogP contribution in [0.5, 0.6) is 0 Å². The summed E-state index contributed by atoms with van der Waals surface area (Å²) in [6.07, 6.45) is 2.11. The largest absolute Gasteiger partial charge is 0.399 e. The van der Waals surface area contributed by atoms with Crippen LogP contribution in [0.15, 0.2) is 17.0 Å². The fourth-order valence-electron chi connectivity index (χ4n) is 1.90. The first-order chi connectivity index (χ1) is 8.27. The lowest BCUT2D eigenvalue weighted by molar-refractivity contribution is 0.597. The van der Waals surface area contributed by atoms with Crippen molar-refractivity contribution >= 4 is 21.4 Å². The summed E-state index contributed by atoms with van der Waals surface area (Å²) in [7, 11) is -1.82. The number of rotatable bonds is 5. The molecule has 0 aromatic heterocycles. The molecule has 4 N–H and O–H groups in total. The Morgan fingerprint density at radius 1 is 1.33 bits per heavy atom. The van der Waals surface area contributed by atoms with Gasteiger partial charge in [-0.15, -0.1) is 0 Å². The topological polar surface area (TPSA) is 89.4 Å². The number of hydrogen-bond donors (Lipinski definition) is 2. The van der Waals surface area contributed by atoms with Crippen molar-refractivity contribution in [1.29, 1.82) is 0 Å². The van der Waals surface area contributed by atoms with Crippen molar-refractivity contribution in [3.63, 3.8) is 0 Å². The predicted octanol–water partition coefficient (Wildman–Crippen LogP) is 1.46. The zero-order valence-corrected chi connectivity index (χ0v) is 11.9. The Bertz CT molecular complexity index is 526. The molecule has 0 amide bonds. The van der Waals surface area contributed by atoms with Gasteiger partial charge in [0.05, 0.1) is 4.90 Å². The van der Waals surface area contributed by atoms with E-state index >= 15 is 0 Å². The van der Waals surface area contributed by atoms with Crippen molar-refractivity contribution in [2.45, 2.75) is 31.6 Å². The molecule has 0 unspecified atom stereocenters. The molecule has 0 heterocycles. The zero-order valence-electron chi connectivity index (χ0n) is 11.1. The molecule has 0 aliphatic heterocycles. The van der Waals surface area contributed by atoms with E-state index in [-0.39, 0.29) is 4.90 Å². The molecule has 5 nitrogen and oxygen atoms in total. The molecule has 0 aliphatic carbocycles. The van der Waals surface area contributed by atoms with E-state index in [2.05, 4.69) is 6.92 Å². The van der Waals surface area contributed by atoms with Crippen LogP contribution in [0.1, 0.15) is 25.3 Å². The van der Waals surface area contributed by atoms with E-state index in [1.165, 1.54) is 6.07 Å². The predicted molar refractivity (Wildman–Crippen MR) is 75.1 cm³/mol. The van der Waals surface area contributed by atoms with Gasteiger partial charge in [0, 0.05) is 25.0 Å². The third kappa shape index (κ3) is 3.36. The molecular formula is C12H21N3O2S. The molecule has 0 fully saturated rings. The van der Waals surface area contributed by atoms with Crippen LogP contribution in [-0.2, 0) is 10.0 Å². The van der Waals surface area contributed by atoms with Gasteiger partial charge in [-0.1, -0.05) is 13.3 Å². The average molecular weight is 271 g/mol. The van der Waals surface area contributed by atoms with Crippen molar-refractivity contribution in [3.8, 4) is 0 Å². The number of primary sulfonamides is 1. The average Bonchev–Trinajstić information content (AvgIpc) is 2.27. The summed E-state index contributed by atoms with van der Waals surface area (Å²) in [4.78, 5) is 2.10. The van der Waals surface area contributed by atoms with Gasteiger partial charge < -0.3 is 10.6 Å². The first kappa shape index (κ1) is 14.8. The van der Waals surface area contributed by atoms with E-state index in [9.17, 15) is 8.42 Å². The fraction of sp³-hybridized carbons (Fsp3) is 0.500. The minimum atomic E-state index is -3.74. The highest BCUT2D eigenvalue weighted by atomic mass is 32.2. The molecule has 1 rings (SSSR count). The lowest BCUT2D eigenvalue weighted by Gasteiger charge is -2.23. The summed E-state index contributed by atoms with van der Waals surface area (Å²) >= 11 is 0. The summed E-state index contributed by atoms with van der Waals surface area (Å²) in [5.41, 5.74) is 7.61. The summed E-state index contributed by atoms with van der Waals surface area (Å²) in [5.74, 6) is 0. The normalized spacial score (nSPS) is 11.6. The van der Waals surface area contributed by atoms with E-state index in [1.54, 1.807) is 13.0 Å². The number of nitrogens with zero attached hydrogens (tertiary/aromatic N) is 1. The van der Waals surface area contributed by atoms with Gasteiger partial charge in [0.1, 0.15) is 0 Å². The Labute approximate surface area is 109 Å². The van der Waals surface area contributed by atoms with Crippen molar-refractivity contribution in [2.24, 2.45) is 5.14 Å². The molecular weight excluding hydrogens is 250 g/mol. The van der Waals surface area contributed by atoms with Crippen LogP contribution in [0.4, 0.5) is 11.4 Å². The third-order valence-corrected chi connectivity index (χ3v) is 3.96. The van der Waals surface area contributed by atoms with Gasteiger partial charge in [-0.2, -0.15) is 0 Å². The Balaban J connectivity index is 3.25. The number of benzene rings is 1. The van der Waals surface area contributed by atoms with Crippen LogP contribution in [0.2, 0.25) is 0 Å². The molecule has 6 heteroatoms. The minimum absolute atomic E-state index is 0.0980. The highest BCUT2D eigenvalue weighted by Gasteiger charge is 2.17. The Morgan fingerprint density at radius 2 is 1.94 bits per heavy atom. The van der Waals surface area contributed by atoms with Crippen LogP contribution in [0, 0.1) is 6.92 Å². The summed E-state index contributed by atoms with van der Waals surface area (Å²) in [5, 5.41) is 5.19. The molecule has 0 bridgehead atoms. The van der Waals surface area contributed by atoms with Crippen LogP contribution in [-0.4, -0.2) is 22.0 Å². The van der Waals surface area contributed by atoms with Crippen LogP contribution >= 0.6 is 0 Å².